The van der Waals surface area contributed by atoms with Crippen LogP contribution in [0.5, 0.6) is 0 Å². The Labute approximate surface area is 92.8 Å². The molecule has 0 radical (unpaired) electrons. The number of H-pyrrole nitrogens is 1. The monoisotopic (exact) mass is 219 g/mol. The molecule has 0 saturated heterocycles. The summed E-state index contributed by atoms with van der Waals surface area (Å²) in [6, 6.07) is 5.48. The quantitative estimate of drug-likeness (QED) is 0.815. The van der Waals surface area contributed by atoms with Gasteiger partial charge < -0.3 is 4.74 Å². The topological polar surface area (TPSA) is 67.0 Å². The molecule has 1 aromatic heterocycles. The van der Waals surface area contributed by atoms with E-state index >= 15 is 0 Å². The van der Waals surface area contributed by atoms with Gasteiger partial charge in [-0.1, -0.05) is 0 Å². The van der Waals surface area contributed by atoms with Gasteiger partial charge in [0.05, 0.1) is 17.8 Å². The number of carbonyl (C=O) groups is 1. The summed E-state index contributed by atoms with van der Waals surface area (Å²) in [4.78, 5) is 11.3. The van der Waals surface area contributed by atoms with Crippen molar-refractivity contribution in [2.45, 2.75) is 20.0 Å². The van der Waals surface area contributed by atoms with E-state index in [0.29, 0.717) is 5.69 Å². The van der Waals surface area contributed by atoms with E-state index in [9.17, 15) is 4.79 Å². The van der Waals surface area contributed by atoms with Crippen molar-refractivity contribution in [2.75, 3.05) is 5.32 Å². The summed E-state index contributed by atoms with van der Waals surface area (Å²) in [6.45, 7) is 3.61. The van der Waals surface area contributed by atoms with E-state index in [4.69, 9.17) is 4.74 Å². The molecule has 16 heavy (non-hydrogen) atoms. The molecule has 0 unspecified atom stereocenters. The van der Waals surface area contributed by atoms with E-state index in [1.54, 1.807) is 26.1 Å². The SMILES string of the molecule is CC(C)OC(=O)Nc1ccc2[nH]ncc2c1. The highest BCUT2D eigenvalue weighted by molar-refractivity contribution is 5.89. The van der Waals surface area contributed by atoms with Crippen LogP contribution in [0.25, 0.3) is 10.9 Å². The number of rotatable bonds is 2. The number of benzene rings is 1. The van der Waals surface area contributed by atoms with Crippen LogP contribution in [0.3, 0.4) is 0 Å². The van der Waals surface area contributed by atoms with Crippen LogP contribution < -0.4 is 5.32 Å². The van der Waals surface area contributed by atoms with E-state index < -0.39 is 6.09 Å². The van der Waals surface area contributed by atoms with Crippen LogP contribution >= 0.6 is 0 Å². The second kappa shape index (κ2) is 4.22. The highest BCUT2D eigenvalue weighted by Gasteiger charge is 2.06. The number of amides is 1. The fourth-order valence-electron chi connectivity index (χ4n) is 1.38. The fourth-order valence-corrected chi connectivity index (χ4v) is 1.38. The number of nitrogens with one attached hydrogen (secondary N) is 2. The van der Waals surface area contributed by atoms with Crippen LogP contribution in [0.4, 0.5) is 10.5 Å². The van der Waals surface area contributed by atoms with Crippen molar-refractivity contribution in [3.8, 4) is 0 Å². The van der Waals surface area contributed by atoms with E-state index in [1.807, 2.05) is 12.1 Å². The molecule has 0 aliphatic carbocycles. The third-order valence-electron chi connectivity index (χ3n) is 2.03. The molecule has 0 aliphatic rings. The van der Waals surface area contributed by atoms with Gasteiger partial charge in [0.15, 0.2) is 0 Å². The summed E-state index contributed by atoms with van der Waals surface area (Å²) in [5.41, 5.74) is 1.63. The van der Waals surface area contributed by atoms with E-state index in [1.165, 1.54) is 0 Å². The van der Waals surface area contributed by atoms with Crippen molar-refractivity contribution < 1.29 is 9.53 Å². The van der Waals surface area contributed by atoms with Crippen molar-refractivity contribution in [3.05, 3.63) is 24.4 Å². The van der Waals surface area contributed by atoms with Gasteiger partial charge in [-0.05, 0) is 32.0 Å². The fraction of sp³-hybridized carbons (Fsp3) is 0.273. The van der Waals surface area contributed by atoms with Crippen LogP contribution in [-0.2, 0) is 4.74 Å². The zero-order valence-corrected chi connectivity index (χ0v) is 9.15. The van der Waals surface area contributed by atoms with Gasteiger partial charge in [-0.2, -0.15) is 5.10 Å². The molecule has 0 atom stereocenters. The number of nitrogens with zero attached hydrogens (tertiary/aromatic N) is 1. The van der Waals surface area contributed by atoms with Gasteiger partial charge in [0.25, 0.3) is 0 Å². The second-order valence-electron chi connectivity index (χ2n) is 3.75. The zero-order chi connectivity index (χ0) is 11.5. The van der Waals surface area contributed by atoms with Crippen molar-refractivity contribution in [3.63, 3.8) is 0 Å². The van der Waals surface area contributed by atoms with Crippen LogP contribution in [-0.4, -0.2) is 22.4 Å². The lowest BCUT2D eigenvalue weighted by Gasteiger charge is -2.09. The van der Waals surface area contributed by atoms with Gasteiger partial charge in [-0.3, -0.25) is 10.4 Å². The lowest BCUT2D eigenvalue weighted by atomic mass is 10.2. The highest BCUT2D eigenvalue weighted by Crippen LogP contribution is 2.16. The minimum Gasteiger partial charge on any atom is -0.447 e. The second-order valence-corrected chi connectivity index (χ2v) is 3.75. The molecule has 5 nitrogen and oxygen atoms in total. The molecule has 1 heterocycles. The summed E-state index contributed by atoms with van der Waals surface area (Å²) in [7, 11) is 0. The summed E-state index contributed by atoms with van der Waals surface area (Å²) < 4.78 is 4.97. The number of anilines is 1. The van der Waals surface area contributed by atoms with Crippen molar-refractivity contribution in [2.24, 2.45) is 0 Å². The third-order valence-corrected chi connectivity index (χ3v) is 2.03. The van der Waals surface area contributed by atoms with Gasteiger partial charge in [0.1, 0.15) is 0 Å². The molecule has 5 heteroatoms. The summed E-state index contributed by atoms with van der Waals surface area (Å²) in [5, 5.41) is 10.3. The lowest BCUT2D eigenvalue weighted by Crippen LogP contribution is -2.17. The first-order chi connectivity index (χ1) is 7.65. The zero-order valence-electron chi connectivity index (χ0n) is 9.15. The maximum atomic E-state index is 11.3. The van der Waals surface area contributed by atoms with Crippen LogP contribution in [0, 0.1) is 0 Å². The molecular weight excluding hydrogens is 206 g/mol. The predicted octanol–water partition coefficient (Wildman–Crippen LogP) is 2.52. The Morgan fingerprint density at radius 1 is 1.50 bits per heavy atom. The van der Waals surface area contributed by atoms with E-state index in [2.05, 4.69) is 15.5 Å². The molecule has 0 fully saturated rings. The number of aromatic nitrogens is 2. The van der Waals surface area contributed by atoms with Crippen LogP contribution in [0.1, 0.15) is 13.8 Å². The Bertz CT molecular complexity index is 505. The minimum atomic E-state index is -0.446. The van der Waals surface area contributed by atoms with Gasteiger partial charge in [-0.15, -0.1) is 0 Å². The molecule has 1 amide bonds. The lowest BCUT2D eigenvalue weighted by molar-refractivity contribution is 0.130. The average molecular weight is 219 g/mol. The number of fused-ring (bicyclic) bond motifs is 1. The molecule has 0 spiro atoms. The first kappa shape index (κ1) is 10.5. The Balaban J connectivity index is 2.11. The molecule has 0 saturated carbocycles. The Hall–Kier alpha value is -2.04. The summed E-state index contributed by atoms with van der Waals surface area (Å²) in [6.07, 6.45) is 1.13. The molecule has 2 aromatic rings. The summed E-state index contributed by atoms with van der Waals surface area (Å²) in [5.74, 6) is 0. The number of aromatic amines is 1. The van der Waals surface area contributed by atoms with Gasteiger partial charge in [0, 0.05) is 11.1 Å². The molecule has 1 aromatic carbocycles. The molecule has 84 valence electrons. The Morgan fingerprint density at radius 2 is 2.31 bits per heavy atom. The largest absolute Gasteiger partial charge is 0.447 e. The average Bonchev–Trinajstić information content (AvgIpc) is 2.63. The first-order valence-corrected chi connectivity index (χ1v) is 5.06. The van der Waals surface area contributed by atoms with Gasteiger partial charge in [0.2, 0.25) is 0 Å². The highest BCUT2D eigenvalue weighted by atomic mass is 16.6. The normalized spacial score (nSPS) is 10.7. The van der Waals surface area contributed by atoms with Gasteiger partial charge in [-0.25, -0.2) is 4.79 Å². The molecule has 2 rings (SSSR count). The first-order valence-electron chi connectivity index (χ1n) is 5.06. The smallest absolute Gasteiger partial charge is 0.411 e. The molecule has 0 bridgehead atoms. The van der Waals surface area contributed by atoms with Crippen molar-refractivity contribution in [1.82, 2.24) is 10.2 Å². The third kappa shape index (κ3) is 2.31. The van der Waals surface area contributed by atoms with Crippen molar-refractivity contribution >= 4 is 22.7 Å². The van der Waals surface area contributed by atoms with Crippen LogP contribution in [0.2, 0.25) is 0 Å². The van der Waals surface area contributed by atoms with Gasteiger partial charge >= 0.3 is 6.09 Å². The molecular formula is C11H13N3O2. The minimum absolute atomic E-state index is 0.127. The Kier molecular flexibility index (Phi) is 2.76. The van der Waals surface area contributed by atoms with E-state index in [-0.39, 0.29) is 6.10 Å². The predicted molar refractivity (Wildman–Crippen MR) is 61.3 cm³/mol. The Morgan fingerprint density at radius 3 is 3.06 bits per heavy atom. The standard InChI is InChI=1S/C11H13N3O2/c1-7(2)16-11(15)13-9-3-4-10-8(5-9)6-12-14-10/h3-7H,1-2H3,(H,12,14)(H,13,15). The maximum absolute atomic E-state index is 11.3. The van der Waals surface area contributed by atoms with Crippen molar-refractivity contribution in [1.29, 1.82) is 0 Å². The number of hydrogen-bond donors (Lipinski definition) is 2. The summed E-state index contributed by atoms with van der Waals surface area (Å²) >= 11 is 0. The van der Waals surface area contributed by atoms with Crippen LogP contribution in [0.15, 0.2) is 24.4 Å². The molecule has 0 aliphatic heterocycles. The number of carbonyl (C=O) groups excluding carboxylic acids is 1. The maximum Gasteiger partial charge on any atom is 0.411 e. The number of hydrogen-bond acceptors (Lipinski definition) is 3. The van der Waals surface area contributed by atoms with E-state index in [0.717, 1.165) is 10.9 Å². The number of ether oxygens (including phenoxy) is 1. The molecule has 2 N–H and O–H groups in total.